The van der Waals surface area contributed by atoms with E-state index >= 15 is 0 Å². The van der Waals surface area contributed by atoms with Crippen molar-refractivity contribution < 1.29 is 28.7 Å². The Morgan fingerprint density at radius 3 is 2.13 bits per heavy atom. The standard InChI is InChI=1S/C30H49N3O6/c1-12-38-24(34)15-16-31-26(35)25(22-18-20(4)13-14-21(22)5)33(29(6,7)8)27(36)23(17-19(2)3)32-28(37)39-30(9,10)11/h13-14,18-19,23,25H,12,15-17H2,1-11H3,(H,31,35)(H,32,37). The minimum atomic E-state index is -1.00. The molecule has 2 N–H and O–H groups in total. The fourth-order valence-electron chi connectivity index (χ4n) is 4.23. The minimum absolute atomic E-state index is 0.0126. The number of hydrogen-bond acceptors (Lipinski definition) is 6. The molecule has 0 radical (unpaired) electrons. The van der Waals surface area contributed by atoms with Crippen LogP contribution < -0.4 is 10.6 Å². The van der Waals surface area contributed by atoms with Gasteiger partial charge in [0.2, 0.25) is 11.8 Å². The van der Waals surface area contributed by atoms with Crippen LogP contribution in [-0.4, -0.2) is 59.1 Å². The molecule has 1 aromatic rings. The van der Waals surface area contributed by atoms with Crippen molar-refractivity contribution >= 4 is 23.9 Å². The van der Waals surface area contributed by atoms with E-state index in [0.29, 0.717) is 12.0 Å². The van der Waals surface area contributed by atoms with Crippen LogP contribution in [0.15, 0.2) is 18.2 Å². The van der Waals surface area contributed by atoms with Crippen LogP contribution >= 0.6 is 0 Å². The molecule has 2 unspecified atom stereocenters. The number of amides is 3. The molecule has 2 atom stereocenters. The predicted molar refractivity (Wildman–Crippen MR) is 152 cm³/mol. The SMILES string of the molecule is CCOC(=O)CCNC(=O)C(c1cc(C)ccc1C)N(C(=O)C(CC(C)C)NC(=O)OC(C)(C)C)C(C)(C)C. The number of aryl methyl sites for hydroxylation is 2. The van der Waals surface area contributed by atoms with Crippen LogP contribution in [0.3, 0.4) is 0 Å². The van der Waals surface area contributed by atoms with Gasteiger partial charge in [0, 0.05) is 12.1 Å². The number of ether oxygens (including phenoxy) is 2. The zero-order valence-corrected chi connectivity index (χ0v) is 25.7. The van der Waals surface area contributed by atoms with Crippen LogP contribution in [0.2, 0.25) is 0 Å². The van der Waals surface area contributed by atoms with Crippen LogP contribution in [0.25, 0.3) is 0 Å². The second-order valence-electron chi connectivity index (χ2n) is 12.3. The van der Waals surface area contributed by atoms with E-state index in [1.54, 1.807) is 32.6 Å². The number of carbonyl (C=O) groups is 4. The Balaban J connectivity index is 3.57. The van der Waals surface area contributed by atoms with Crippen LogP contribution in [0.5, 0.6) is 0 Å². The molecule has 0 aromatic heterocycles. The Labute approximate surface area is 234 Å². The first-order chi connectivity index (χ1) is 17.9. The fourth-order valence-corrected chi connectivity index (χ4v) is 4.23. The van der Waals surface area contributed by atoms with Gasteiger partial charge in [-0.1, -0.05) is 37.6 Å². The van der Waals surface area contributed by atoms with Crippen molar-refractivity contribution in [1.82, 2.24) is 15.5 Å². The molecule has 0 aliphatic carbocycles. The van der Waals surface area contributed by atoms with E-state index in [-0.39, 0.29) is 25.5 Å². The van der Waals surface area contributed by atoms with Gasteiger partial charge in [-0.25, -0.2) is 4.79 Å². The summed E-state index contributed by atoms with van der Waals surface area (Å²) in [4.78, 5) is 54.3. The lowest BCUT2D eigenvalue weighted by Crippen LogP contribution is -2.59. The van der Waals surface area contributed by atoms with Crippen molar-refractivity contribution in [2.24, 2.45) is 5.92 Å². The van der Waals surface area contributed by atoms with E-state index in [2.05, 4.69) is 10.6 Å². The molecule has 1 rings (SSSR count). The molecule has 0 bridgehead atoms. The van der Waals surface area contributed by atoms with Crippen molar-refractivity contribution in [2.75, 3.05) is 13.2 Å². The molecule has 9 nitrogen and oxygen atoms in total. The number of esters is 1. The maximum atomic E-state index is 14.3. The normalized spacial score (nSPS) is 13.3. The summed E-state index contributed by atoms with van der Waals surface area (Å²) in [5.41, 5.74) is 0.911. The summed E-state index contributed by atoms with van der Waals surface area (Å²) in [5.74, 6) is -1.15. The summed E-state index contributed by atoms with van der Waals surface area (Å²) in [5, 5.41) is 5.59. The average molecular weight is 548 g/mol. The minimum Gasteiger partial charge on any atom is -0.466 e. The third-order valence-corrected chi connectivity index (χ3v) is 5.83. The van der Waals surface area contributed by atoms with Crippen molar-refractivity contribution in [3.8, 4) is 0 Å². The Bertz CT molecular complexity index is 1010. The molecular formula is C30H49N3O6. The molecule has 39 heavy (non-hydrogen) atoms. The Morgan fingerprint density at radius 2 is 1.62 bits per heavy atom. The Morgan fingerprint density at radius 1 is 1.00 bits per heavy atom. The molecular weight excluding hydrogens is 498 g/mol. The van der Waals surface area contributed by atoms with Crippen LogP contribution in [0.1, 0.15) is 97.9 Å². The summed E-state index contributed by atoms with van der Waals surface area (Å²) in [6.07, 6.45) is -0.328. The van der Waals surface area contributed by atoms with Crippen molar-refractivity contribution in [1.29, 1.82) is 0 Å². The van der Waals surface area contributed by atoms with Gasteiger partial charge in [0.25, 0.3) is 0 Å². The summed E-state index contributed by atoms with van der Waals surface area (Å²) < 4.78 is 10.4. The van der Waals surface area contributed by atoms with Gasteiger partial charge in [0.1, 0.15) is 17.7 Å². The number of nitrogens with one attached hydrogen (secondary N) is 2. The number of benzene rings is 1. The highest BCUT2D eigenvalue weighted by molar-refractivity contribution is 5.93. The quantitative estimate of drug-likeness (QED) is 0.378. The van der Waals surface area contributed by atoms with E-state index < -0.39 is 47.1 Å². The molecule has 0 saturated heterocycles. The van der Waals surface area contributed by atoms with Gasteiger partial charge in [0.15, 0.2) is 0 Å². The molecule has 0 aliphatic rings. The smallest absolute Gasteiger partial charge is 0.408 e. The molecule has 0 saturated carbocycles. The lowest BCUT2D eigenvalue weighted by molar-refractivity contribution is -0.149. The van der Waals surface area contributed by atoms with Crippen molar-refractivity contribution in [3.05, 3.63) is 34.9 Å². The summed E-state index contributed by atoms with van der Waals surface area (Å²) in [6.45, 7) is 20.6. The molecule has 3 amide bonds. The molecule has 0 aliphatic heterocycles. The number of carbonyl (C=O) groups excluding carboxylic acids is 4. The fraction of sp³-hybridized carbons (Fsp3) is 0.667. The average Bonchev–Trinajstić information content (AvgIpc) is 2.76. The van der Waals surface area contributed by atoms with E-state index in [9.17, 15) is 19.2 Å². The third kappa shape index (κ3) is 11.3. The molecule has 9 heteroatoms. The zero-order chi connectivity index (χ0) is 30.1. The first-order valence-corrected chi connectivity index (χ1v) is 13.7. The molecule has 0 heterocycles. The molecule has 1 aromatic carbocycles. The lowest BCUT2D eigenvalue weighted by Gasteiger charge is -2.43. The van der Waals surface area contributed by atoms with Crippen molar-refractivity contribution in [3.63, 3.8) is 0 Å². The summed E-state index contributed by atoms with van der Waals surface area (Å²) in [6, 6.07) is 3.84. The highest BCUT2D eigenvalue weighted by Gasteiger charge is 2.42. The van der Waals surface area contributed by atoms with Crippen LogP contribution in [-0.2, 0) is 23.9 Å². The lowest BCUT2D eigenvalue weighted by atomic mass is 9.91. The number of rotatable bonds is 11. The topological polar surface area (TPSA) is 114 Å². The zero-order valence-electron chi connectivity index (χ0n) is 25.7. The second kappa shape index (κ2) is 14.3. The highest BCUT2D eigenvalue weighted by Crippen LogP contribution is 2.33. The van der Waals surface area contributed by atoms with E-state index in [4.69, 9.17) is 9.47 Å². The van der Waals surface area contributed by atoms with Gasteiger partial charge in [-0.2, -0.15) is 0 Å². The van der Waals surface area contributed by atoms with E-state index in [1.807, 2.05) is 66.7 Å². The third-order valence-electron chi connectivity index (χ3n) is 5.83. The van der Waals surface area contributed by atoms with E-state index in [1.165, 1.54) is 0 Å². The van der Waals surface area contributed by atoms with Gasteiger partial charge in [-0.05, 0) is 85.8 Å². The second-order valence-corrected chi connectivity index (χ2v) is 12.3. The summed E-state index contributed by atoms with van der Waals surface area (Å²) in [7, 11) is 0. The molecule has 0 spiro atoms. The monoisotopic (exact) mass is 547 g/mol. The number of nitrogens with zero attached hydrogens (tertiary/aromatic N) is 1. The maximum absolute atomic E-state index is 14.3. The highest BCUT2D eigenvalue weighted by atomic mass is 16.6. The predicted octanol–water partition coefficient (Wildman–Crippen LogP) is 4.98. The van der Waals surface area contributed by atoms with Gasteiger partial charge in [-0.3, -0.25) is 14.4 Å². The molecule has 220 valence electrons. The Hall–Kier alpha value is -3.10. The van der Waals surface area contributed by atoms with Crippen molar-refractivity contribution in [2.45, 2.75) is 112 Å². The van der Waals surface area contributed by atoms with Crippen LogP contribution in [0.4, 0.5) is 4.79 Å². The Kier molecular flexibility index (Phi) is 12.5. The number of alkyl carbamates (subject to hydrolysis) is 1. The van der Waals surface area contributed by atoms with Gasteiger partial charge < -0.3 is 25.0 Å². The first kappa shape index (κ1) is 33.9. The maximum Gasteiger partial charge on any atom is 0.408 e. The molecule has 0 fully saturated rings. The van der Waals surface area contributed by atoms with E-state index in [0.717, 1.165) is 11.1 Å². The first-order valence-electron chi connectivity index (χ1n) is 13.7. The van der Waals surface area contributed by atoms with Gasteiger partial charge in [0.05, 0.1) is 13.0 Å². The van der Waals surface area contributed by atoms with Crippen LogP contribution in [0, 0.1) is 19.8 Å². The van der Waals surface area contributed by atoms with Gasteiger partial charge >= 0.3 is 12.1 Å². The van der Waals surface area contributed by atoms with Gasteiger partial charge in [-0.15, -0.1) is 0 Å². The summed E-state index contributed by atoms with van der Waals surface area (Å²) >= 11 is 0. The number of hydrogen-bond donors (Lipinski definition) is 2. The largest absolute Gasteiger partial charge is 0.466 e.